The van der Waals surface area contributed by atoms with Crippen molar-refractivity contribution in [3.05, 3.63) is 10.6 Å². The van der Waals surface area contributed by atoms with Gasteiger partial charge in [-0.05, 0) is 12.8 Å². The number of rotatable bonds is 0. The van der Waals surface area contributed by atoms with E-state index in [1.165, 1.54) is 0 Å². The van der Waals surface area contributed by atoms with E-state index in [2.05, 4.69) is 22.0 Å². The van der Waals surface area contributed by atoms with Gasteiger partial charge in [0, 0.05) is 10.4 Å². The lowest BCUT2D eigenvalue weighted by atomic mass is 9.91. The summed E-state index contributed by atoms with van der Waals surface area (Å²) in [6.07, 6.45) is 4.90. The number of ether oxygens (including phenoxy) is 1. The van der Waals surface area contributed by atoms with Gasteiger partial charge in [-0.15, -0.1) is 0 Å². The van der Waals surface area contributed by atoms with Crippen molar-refractivity contribution in [2.75, 3.05) is 0 Å². The number of carbonyl (C=O) groups is 1. The van der Waals surface area contributed by atoms with E-state index in [0.717, 1.165) is 17.3 Å². The lowest BCUT2D eigenvalue weighted by Gasteiger charge is -2.20. The van der Waals surface area contributed by atoms with Crippen molar-refractivity contribution in [3.8, 4) is 0 Å². The molecule has 0 saturated carbocycles. The maximum atomic E-state index is 10.9. The van der Waals surface area contributed by atoms with Crippen LogP contribution >= 0.6 is 15.9 Å². The standard InChI is InChI=1S/C8H9BrO2/c9-6-3-1-2-5-4-7(10)11-8(5)6/h3,5,8H,1-2,4H2/t5-,8+/m0/s1. The lowest BCUT2D eigenvalue weighted by molar-refractivity contribution is -0.140. The largest absolute Gasteiger partial charge is 0.457 e. The van der Waals surface area contributed by atoms with E-state index in [4.69, 9.17) is 4.74 Å². The molecule has 0 unspecified atom stereocenters. The third kappa shape index (κ3) is 1.22. The average molecular weight is 217 g/mol. The molecule has 0 aromatic heterocycles. The highest BCUT2D eigenvalue weighted by Gasteiger charge is 2.37. The molecule has 1 heterocycles. The summed E-state index contributed by atoms with van der Waals surface area (Å²) >= 11 is 3.41. The Morgan fingerprint density at radius 1 is 1.64 bits per heavy atom. The van der Waals surface area contributed by atoms with E-state index in [9.17, 15) is 4.79 Å². The summed E-state index contributed by atoms with van der Waals surface area (Å²) in [4.78, 5) is 10.9. The maximum absolute atomic E-state index is 10.9. The first-order valence-corrected chi connectivity index (χ1v) is 4.61. The zero-order valence-corrected chi connectivity index (χ0v) is 7.63. The molecule has 1 saturated heterocycles. The van der Waals surface area contributed by atoms with E-state index in [-0.39, 0.29) is 12.1 Å². The van der Waals surface area contributed by atoms with Crippen molar-refractivity contribution in [1.82, 2.24) is 0 Å². The molecule has 1 aliphatic heterocycles. The summed E-state index contributed by atoms with van der Waals surface area (Å²) in [5, 5.41) is 0. The zero-order chi connectivity index (χ0) is 7.84. The molecule has 3 heteroatoms. The number of allylic oxidation sites excluding steroid dienone is 1. The second-order valence-electron chi connectivity index (χ2n) is 3.04. The number of halogens is 1. The minimum absolute atomic E-state index is 0.0382. The van der Waals surface area contributed by atoms with Gasteiger partial charge in [0.1, 0.15) is 6.10 Å². The molecule has 1 fully saturated rings. The number of hydrogen-bond donors (Lipinski definition) is 0. The normalized spacial score (nSPS) is 36.1. The van der Waals surface area contributed by atoms with Crippen molar-refractivity contribution in [2.45, 2.75) is 25.4 Å². The highest BCUT2D eigenvalue weighted by molar-refractivity contribution is 9.11. The van der Waals surface area contributed by atoms with Crippen molar-refractivity contribution < 1.29 is 9.53 Å². The molecule has 2 rings (SSSR count). The number of carbonyl (C=O) groups excluding carboxylic acids is 1. The van der Waals surface area contributed by atoms with Gasteiger partial charge in [0.05, 0.1) is 6.42 Å². The molecule has 60 valence electrons. The Bertz CT molecular complexity index is 222. The third-order valence-corrected chi connectivity index (χ3v) is 3.04. The molecule has 2 aliphatic rings. The Labute approximate surface area is 73.7 Å². The smallest absolute Gasteiger partial charge is 0.306 e. The van der Waals surface area contributed by atoms with Crippen LogP contribution in [0.1, 0.15) is 19.3 Å². The molecule has 0 spiro atoms. The molecule has 2 atom stereocenters. The molecule has 0 amide bonds. The molecule has 1 aliphatic carbocycles. The first-order chi connectivity index (χ1) is 5.27. The maximum Gasteiger partial charge on any atom is 0.306 e. The molecule has 11 heavy (non-hydrogen) atoms. The van der Waals surface area contributed by atoms with Gasteiger partial charge in [-0.25, -0.2) is 0 Å². The molecule has 0 radical (unpaired) electrons. The molecule has 0 aromatic rings. The number of fused-ring (bicyclic) bond motifs is 1. The van der Waals surface area contributed by atoms with Crippen molar-refractivity contribution >= 4 is 21.9 Å². The van der Waals surface area contributed by atoms with E-state index in [0.29, 0.717) is 12.3 Å². The molecule has 2 nitrogen and oxygen atoms in total. The van der Waals surface area contributed by atoms with Gasteiger partial charge in [-0.1, -0.05) is 22.0 Å². The van der Waals surface area contributed by atoms with Gasteiger partial charge in [0.15, 0.2) is 0 Å². The van der Waals surface area contributed by atoms with Crippen LogP contribution in [0.25, 0.3) is 0 Å². The van der Waals surface area contributed by atoms with Crippen LogP contribution in [0.2, 0.25) is 0 Å². The monoisotopic (exact) mass is 216 g/mol. The van der Waals surface area contributed by atoms with Gasteiger partial charge >= 0.3 is 5.97 Å². The third-order valence-electron chi connectivity index (χ3n) is 2.26. The van der Waals surface area contributed by atoms with E-state index < -0.39 is 0 Å². The SMILES string of the molecule is O=C1C[C@@H]2CCC=C(Br)[C@@H]2O1. The predicted molar refractivity (Wildman–Crippen MR) is 44.2 cm³/mol. The van der Waals surface area contributed by atoms with Gasteiger partial charge in [-0.3, -0.25) is 4.79 Å². The average Bonchev–Trinajstić information content (AvgIpc) is 2.31. The van der Waals surface area contributed by atoms with Gasteiger partial charge in [0.2, 0.25) is 0 Å². The summed E-state index contributed by atoms with van der Waals surface area (Å²) < 4.78 is 6.18. The first kappa shape index (κ1) is 7.35. The molecular weight excluding hydrogens is 208 g/mol. The van der Waals surface area contributed by atoms with Crippen molar-refractivity contribution in [2.24, 2.45) is 5.92 Å². The minimum atomic E-state index is -0.0488. The second kappa shape index (κ2) is 2.63. The van der Waals surface area contributed by atoms with Gasteiger partial charge < -0.3 is 4.74 Å². The molecular formula is C8H9BrO2. The van der Waals surface area contributed by atoms with Crippen LogP contribution in [-0.4, -0.2) is 12.1 Å². The van der Waals surface area contributed by atoms with Crippen LogP contribution in [0, 0.1) is 5.92 Å². The summed E-state index contributed by atoms with van der Waals surface area (Å²) in [6, 6.07) is 0. The van der Waals surface area contributed by atoms with E-state index >= 15 is 0 Å². The zero-order valence-electron chi connectivity index (χ0n) is 6.05. The fraction of sp³-hybridized carbons (Fsp3) is 0.625. The van der Waals surface area contributed by atoms with E-state index in [1.54, 1.807) is 0 Å². The fourth-order valence-electron chi connectivity index (χ4n) is 1.69. The summed E-state index contributed by atoms with van der Waals surface area (Å²) in [6.45, 7) is 0. The highest BCUT2D eigenvalue weighted by atomic mass is 79.9. The lowest BCUT2D eigenvalue weighted by Crippen LogP contribution is -2.19. The highest BCUT2D eigenvalue weighted by Crippen LogP contribution is 2.37. The number of esters is 1. The quantitative estimate of drug-likeness (QED) is 0.580. The second-order valence-corrected chi connectivity index (χ2v) is 3.96. The van der Waals surface area contributed by atoms with Gasteiger partial charge in [0.25, 0.3) is 0 Å². The Morgan fingerprint density at radius 3 is 3.18 bits per heavy atom. The number of hydrogen-bond acceptors (Lipinski definition) is 2. The Balaban J connectivity index is 2.20. The van der Waals surface area contributed by atoms with Crippen LogP contribution in [0.3, 0.4) is 0 Å². The Kier molecular flexibility index (Phi) is 1.75. The van der Waals surface area contributed by atoms with E-state index in [1.807, 2.05) is 0 Å². The fourth-order valence-corrected chi connectivity index (χ4v) is 2.39. The van der Waals surface area contributed by atoms with Crippen LogP contribution in [0.4, 0.5) is 0 Å². The summed E-state index contributed by atoms with van der Waals surface area (Å²) in [5.74, 6) is 0.383. The van der Waals surface area contributed by atoms with Crippen LogP contribution < -0.4 is 0 Å². The topological polar surface area (TPSA) is 26.3 Å². The van der Waals surface area contributed by atoms with Crippen LogP contribution in [-0.2, 0) is 9.53 Å². The van der Waals surface area contributed by atoms with Crippen molar-refractivity contribution in [1.29, 1.82) is 0 Å². The van der Waals surface area contributed by atoms with Crippen LogP contribution in [0.15, 0.2) is 10.6 Å². The molecule has 0 aromatic carbocycles. The Hall–Kier alpha value is -0.310. The minimum Gasteiger partial charge on any atom is -0.457 e. The molecule has 0 bridgehead atoms. The van der Waals surface area contributed by atoms with Gasteiger partial charge in [-0.2, -0.15) is 0 Å². The van der Waals surface area contributed by atoms with Crippen molar-refractivity contribution in [3.63, 3.8) is 0 Å². The molecule has 0 N–H and O–H groups in total. The van der Waals surface area contributed by atoms with Crippen LogP contribution in [0.5, 0.6) is 0 Å². The summed E-state index contributed by atoms with van der Waals surface area (Å²) in [7, 11) is 0. The predicted octanol–water partition coefficient (Wildman–Crippen LogP) is 1.99. The Morgan fingerprint density at radius 2 is 2.45 bits per heavy atom. The first-order valence-electron chi connectivity index (χ1n) is 3.82. The summed E-state index contributed by atoms with van der Waals surface area (Å²) in [5.41, 5.74) is 0.